The molecule has 2 aromatic carbocycles. The van der Waals surface area contributed by atoms with Crippen LogP contribution in [0.15, 0.2) is 54.6 Å². The first kappa shape index (κ1) is 18.6. The van der Waals surface area contributed by atoms with E-state index in [0.29, 0.717) is 13.0 Å². The molecule has 4 heteroatoms. The van der Waals surface area contributed by atoms with Crippen LogP contribution in [0, 0.1) is 0 Å². The summed E-state index contributed by atoms with van der Waals surface area (Å²) in [4.78, 5) is 14.6. The van der Waals surface area contributed by atoms with E-state index in [1.165, 1.54) is 11.1 Å². The zero-order chi connectivity index (χ0) is 18.4. The SMILES string of the molecule is CN(C)C1(CNC(=O)Cc2ccc(-c3ccccc3)cc2)CCOCC1. The van der Waals surface area contributed by atoms with E-state index in [4.69, 9.17) is 4.74 Å². The van der Waals surface area contributed by atoms with Gasteiger partial charge in [0, 0.05) is 25.3 Å². The molecule has 0 bridgehead atoms. The molecule has 1 N–H and O–H groups in total. The second kappa shape index (κ2) is 8.47. The van der Waals surface area contributed by atoms with Crippen LogP contribution < -0.4 is 5.32 Å². The van der Waals surface area contributed by atoms with Gasteiger partial charge in [-0.2, -0.15) is 0 Å². The Bertz CT molecular complexity index is 705. The van der Waals surface area contributed by atoms with Gasteiger partial charge in [-0.15, -0.1) is 0 Å². The van der Waals surface area contributed by atoms with Gasteiger partial charge in [-0.1, -0.05) is 54.6 Å². The highest BCUT2D eigenvalue weighted by Crippen LogP contribution is 2.25. The quantitative estimate of drug-likeness (QED) is 0.868. The lowest BCUT2D eigenvalue weighted by Gasteiger charge is -2.42. The topological polar surface area (TPSA) is 41.6 Å². The number of nitrogens with zero attached hydrogens (tertiary/aromatic N) is 1. The van der Waals surface area contributed by atoms with Crippen molar-refractivity contribution in [3.63, 3.8) is 0 Å². The molecule has 0 atom stereocenters. The van der Waals surface area contributed by atoms with Crippen molar-refractivity contribution in [1.29, 1.82) is 0 Å². The van der Waals surface area contributed by atoms with E-state index in [1.54, 1.807) is 0 Å². The second-order valence-corrected chi connectivity index (χ2v) is 7.25. The molecule has 0 aromatic heterocycles. The third-order valence-corrected chi connectivity index (χ3v) is 5.41. The lowest BCUT2D eigenvalue weighted by atomic mass is 9.88. The molecular formula is C22H28N2O2. The molecule has 1 heterocycles. The minimum Gasteiger partial charge on any atom is -0.381 e. The summed E-state index contributed by atoms with van der Waals surface area (Å²) >= 11 is 0. The summed E-state index contributed by atoms with van der Waals surface area (Å²) in [6.45, 7) is 2.19. The molecule has 0 saturated carbocycles. The lowest BCUT2D eigenvalue weighted by molar-refractivity contribution is -0.121. The Kier molecular flexibility index (Phi) is 6.07. The van der Waals surface area contributed by atoms with Gasteiger partial charge in [0.25, 0.3) is 0 Å². The fourth-order valence-corrected chi connectivity index (χ4v) is 3.49. The van der Waals surface area contributed by atoms with E-state index in [-0.39, 0.29) is 11.4 Å². The first-order valence-electron chi connectivity index (χ1n) is 9.25. The molecule has 26 heavy (non-hydrogen) atoms. The van der Waals surface area contributed by atoms with Crippen LogP contribution in [0.2, 0.25) is 0 Å². The minimum atomic E-state index is 0.00504. The molecular weight excluding hydrogens is 324 g/mol. The number of hydrogen-bond donors (Lipinski definition) is 1. The average molecular weight is 352 g/mol. The van der Waals surface area contributed by atoms with Gasteiger partial charge in [-0.05, 0) is 43.6 Å². The summed E-state index contributed by atoms with van der Waals surface area (Å²) in [5.41, 5.74) is 3.40. The van der Waals surface area contributed by atoms with Crippen LogP contribution in [-0.2, 0) is 16.0 Å². The molecule has 1 aliphatic heterocycles. The maximum absolute atomic E-state index is 12.4. The maximum Gasteiger partial charge on any atom is 0.224 e. The Morgan fingerprint density at radius 1 is 1.00 bits per heavy atom. The van der Waals surface area contributed by atoms with Gasteiger partial charge in [0.1, 0.15) is 0 Å². The number of ether oxygens (including phenoxy) is 1. The van der Waals surface area contributed by atoms with E-state index < -0.39 is 0 Å². The van der Waals surface area contributed by atoms with Crippen molar-refractivity contribution in [2.45, 2.75) is 24.8 Å². The molecule has 1 saturated heterocycles. The van der Waals surface area contributed by atoms with E-state index in [0.717, 1.165) is 31.6 Å². The summed E-state index contributed by atoms with van der Waals surface area (Å²) in [6.07, 6.45) is 2.31. The third-order valence-electron chi connectivity index (χ3n) is 5.41. The number of amides is 1. The Labute approximate surface area is 156 Å². The van der Waals surface area contributed by atoms with E-state index in [1.807, 2.05) is 30.3 Å². The zero-order valence-corrected chi connectivity index (χ0v) is 15.7. The van der Waals surface area contributed by atoms with Gasteiger partial charge < -0.3 is 15.0 Å². The Hall–Kier alpha value is -2.17. The Balaban J connectivity index is 1.56. The fourth-order valence-electron chi connectivity index (χ4n) is 3.49. The Morgan fingerprint density at radius 3 is 2.23 bits per heavy atom. The lowest BCUT2D eigenvalue weighted by Crippen LogP contribution is -2.55. The Morgan fingerprint density at radius 2 is 1.62 bits per heavy atom. The summed E-state index contributed by atoms with van der Waals surface area (Å²) in [6, 6.07) is 18.5. The largest absolute Gasteiger partial charge is 0.381 e. The standard InChI is InChI=1S/C22H28N2O2/c1-24(2)22(12-14-26-15-13-22)17-23-21(25)16-18-8-10-20(11-9-18)19-6-4-3-5-7-19/h3-11H,12-17H2,1-2H3,(H,23,25). The van der Waals surface area contributed by atoms with Crippen molar-refractivity contribution in [2.24, 2.45) is 0 Å². The molecule has 4 nitrogen and oxygen atoms in total. The van der Waals surface area contributed by atoms with Crippen LogP contribution in [-0.4, -0.2) is 50.2 Å². The molecule has 0 unspecified atom stereocenters. The maximum atomic E-state index is 12.4. The summed E-state index contributed by atoms with van der Waals surface area (Å²) in [7, 11) is 4.17. The fraction of sp³-hybridized carbons (Fsp3) is 0.409. The molecule has 0 spiro atoms. The summed E-state index contributed by atoms with van der Waals surface area (Å²) in [5, 5.41) is 3.13. The van der Waals surface area contributed by atoms with Crippen LogP contribution in [0.1, 0.15) is 18.4 Å². The molecule has 1 amide bonds. The number of nitrogens with one attached hydrogen (secondary N) is 1. The third kappa shape index (κ3) is 4.51. The number of carbonyl (C=O) groups excluding carboxylic acids is 1. The van der Waals surface area contributed by atoms with Crippen molar-refractivity contribution >= 4 is 5.91 Å². The van der Waals surface area contributed by atoms with Gasteiger partial charge in [-0.3, -0.25) is 4.79 Å². The molecule has 138 valence electrons. The molecule has 0 aliphatic carbocycles. The highest BCUT2D eigenvalue weighted by Gasteiger charge is 2.34. The summed E-state index contributed by atoms with van der Waals surface area (Å²) in [5.74, 6) is 0.0742. The minimum absolute atomic E-state index is 0.00504. The molecule has 1 aliphatic rings. The van der Waals surface area contributed by atoms with E-state index in [2.05, 4.69) is 48.6 Å². The van der Waals surface area contributed by atoms with Crippen molar-refractivity contribution in [2.75, 3.05) is 33.9 Å². The molecule has 2 aromatic rings. The van der Waals surface area contributed by atoms with E-state index in [9.17, 15) is 4.79 Å². The zero-order valence-electron chi connectivity index (χ0n) is 15.7. The summed E-state index contributed by atoms with van der Waals surface area (Å²) < 4.78 is 5.49. The highest BCUT2D eigenvalue weighted by molar-refractivity contribution is 5.79. The van der Waals surface area contributed by atoms with Crippen molar-refractivity contribution < 1.29 is 9.53 Å². The smallest absolute Gasteiger partial charge is 0.224 e. The van der Waals surface area contributed by atoms with Crippen LogP contribution in [0.5, 0.6) is 0 Å². The van der Waals surface area contributed by atoms with Gasteiger partial charge >= 0.3 is 0 Å². The number of benzene rings is 2. The monoisotopic (exact) mass is 352 g/mol. The van der Waals surface area contributed by atoms with Crippen LogP contribution in [0.3, 0.4) is 0 Å². The average Bonchev–Trinajstić information content (AvgIpc) is 2.68. The molecule has 3 rings (SSSR count). The number of carbonyl (C=O) groups is 1. The number of hydrogen-bond acceptors (Lipinski definition) is 3. The second-order valence-electron chi connectivity index (χ2n) is 7.25. The van der Waals surface area contributed by atoms with Crippen molar-refractivity contribution in [1.82, 2.24) is 10.2 Å². The normalized spacial score (nSPS) is 16.4. The first-order valence-corrected chi connectivity index (χ1v) is 9.25. The van der Waals surface area contributed by atoms with Crippen LogP contribution in [0.4, 0.5) is 0 Å². The molecule has 0 radical (unpaired) electrons. The van der Waals surface area contributed by atoms with Gasteiger partial charge in [0.15, 0.2) is 0 Å². The number of rotatable bonds is 6. The molecule has 1 fully saturated rings. The van der Waals surface area contributed by atoms with Gasteiger partial charge in [0.2, 0.25) is 5.91 Å². The van der Waals surface area contributed by atoms with Crippen LogP contribution >= 0.6 is 0 Å². The van der Waals surface area contributed by atoms with Gasteiger partial charge in [-0.25, -0.2) is 0 Å². The highest BCUT2D eigenvalue weighted by atomic mass is 16.5. The first-order chi connectivity index (χ1) is 12.6. The number of likely N-dealkylation sites (N-methyl/N-ethyl adjacent to an activating group) is 1. The van der Waals surface area contributed by atoms with Gasteiger partial charge in [0.05, 0.1) is 6.42 Å². The van der Waals surface area contributed by atoms with Crippen LogP contribution in [0.25, 0.3) is 11.1 Å². The van der Waals surface area contributed by atoms with Crippen molar-refractivity contribution in [3.8, 4) is 11.1 Å². The predicted octanol–water partition coefficient (Wildman–Crippen LogP) is 3.12. The van der Waals surface area contributed by atoms with E-state index >= 15 is 0 Å². The predicted molar refractivity (Wildman–Crippen MR) is 105 cm³/mol. The van der Waals surface area contributed by atoms with Crippen molar-refractivity contribution in [3.05, 3.63) is 60.2 Å².